The third kappa shape index (κ3) is 3.43. The second kappa shape index (κ2) is 7.76. The Morgan fingerprint density at radius 2 is 2.03 bits per heavy atom. The molecular weight excluding hydrogens is 412 g/mol. The molecule has 4 heterocycles. The second-order valence-corrected chi connectivity index (χ2v) is 7.53. The molecule has 1 N–H and O–H groups in total. The Labute approximate surface area is 182 Å². The van der Waals surface area contributed by atoms with E-state index in [-0.39, 0.29) is 18.0 Å². The molecule has 1 fully saturated rings. The molecular formula is C21H20N8O3. The van der Waals surface area contributed by atoms with Gasteiger partial charge >= 0.3 is 6.09 Å². The molecule has 0 atom stereocenters. The van der Waals surface area contributed by atoms with E-state index in [1.807, 2.05) is 43.3 Å². The molecule has 0 saturated carbocycles. The Morgan fingerprint density at radius 3 is 2.84 bits per heavy atom. The zero-order chi connectivity index (χ0) is 22.2. The minimum atomic E-state index is -0.369. The van der Waals surface area contributed by atoms with Crippen molar-refractivity contribution >= 4 is 23.2 Å². The molecule has 1 saturated heterocycles. The van der Waals surface area contributed by atoms with Crippen LogP contribution in [-0.2, 0) is 4.74 Å². The lowest BCUT2D eigenvalue weighted by atomic mass is 10.1. The van der Waals surface area contributed by atoms with Crippen molar-refractivity contribution in [2.24, 2.45) is 0 Å². The minimum absolute atomic E-state index is 0.0457. The fourth-order valence-electron chi connectivity index (χ4n) is 3.57. The first kappa shape index (κ1) is 19.7. The number of rotatable bonds is 4. The van der Waals surface area contributed by atoms with E-state index in [1.54, 1.807) is 21.8 Å². The first-order valence-corrected chi connectivity index (χ1v) is 10.0. The van der Waals surface area contributed by atoms with Crippen molar-refractivity contribution in [2.75, 3.05) is 25.5 Å². The van der Waals surface area contributed by atoms with Gasteiger partial charge in [0.05, 0.1) is 37.5 Å². The van der Waals surface area contributed by atoms with Crippen LogP contribution in [-0.4, -0.2) is 66.9 Å². The molecule has 11 nitrogen and oxygen atoms in total. The van der Waals surface area contributed by atoms with Gasteiger partial charge in [-0.1, -0.05) is 18.2 Å². The smallest absolute Gasteiger partial charge is 0.409 e. The van der Waals surface area contributed by atoms with Crippen molar-refractivity contribution in [3.8, 4) is 11.4 Å². The molecule has 1 aliphatic rings. The molecule has 32 heavy (non-hydrogen) atoms. The summed E-state index contributed by atoms with van der Waals surface area (Å²) < 4.78 is 6.36. The van der Waals surface area contributed by atoms with E-state index in [4.69, 9.17) is 4.74 Å². The van der Waals surface area contributed by atoms with Crippen LogP contribution in [0.25, 0.3) is 16.9 Å². The number of aromatic nitrogens is 6. The monoisotopic (exact) mass is 432 g/mol. The maximum absolute atomic E-state index is 12.9. The predicted octanol–water partition coefficient (Wildman–Crippen LogP) is 2.17. The summed E-state index contributed by atoms with van der Waals surface area (Å²) in [6.07, 6.45) is 2.97. The van der Waals surface area contributed by atoms with Gasteiger partial charge in [0.25, 0.3) is 5.91 Å². The average molecular weight is 432 g/mol. The molecule has 0 spiro atoms. The zero-order valence-corrected chi connectivity index (χ0v) is 17.5. The number of methoxy groups -OCH3 is 1. The van der Waals surface area contributed by atoms with E-state index in [2.05, 4.69) is 25.8 Å². The van der Waals surface area contributed by atoms with Crippen molar-refractivity contribution in [3.05, 3.63) is 59.9 Å². The van der Waals surface area contributed by atoms with E-state index >= 15 is 0 Å². The van der Waals surface area contributed by atoms with Gasteiger partial charge in [0.15, 0.2) is 0 Å². The molecule has 0 unspecified atom stereocenters. The summed E-state index contributed by atoms with van der Waals surface area (Å²) in [5.41, 5.74) is 3.49. The highest BCUT2D eigenvalue weighted by Crippen LogP contribution is 2.25. The van der Waals surface area contributed by atoms with Gasteiger partial charge in [-0.05, 0) is 35.9 Å². The molecule has 1 aromatic carbocycles. The SMILES string of the molecule is COC(=O)N1CC(n2nnc(-c3ccc(C)c(NC(=O)c4cnn5ccccc45)c3)n2)C1. The van der Waals surface area contributed by atoms with Crippen molar-refractivity contribution in [1.29, 1.82) is 0 Å². The van der Waals surface area contributed by atoms with Crippen molar-refractivity contribution in [1.82, 2.24) is 34.7 Å². The number of hydrogen-bond acceptors (Lipinski definition) is 7. The molecule has 5 rings (SSSR count). The van der Waals surface area contributed by atoms with E-state index in [0.29, 0.717) is 30.2 Å². The van der Waals surface area contributed by atoms with E-state index in [0.717, 1.165) is 16.6 Å². The molecule has 3 aromatic heterocycles. The lowest BCUT2D eigenvalue weighted by molar-refractivity contribution is 0.0621. The Balaban J connectivity index is 1.34. The lowest BCUT2D eigenvalue weighted by Crippen LogP contribution is -2.51. The third-order valence-corrected chi connectivity index (χ3v) is 5.47. The number of likely N-dealkylation sites (tertiary alicyclic amines) is 1. The van der Waals surface area contributed by atoms with Gasteiger partial charge in [0, 0.05) is 17.4 Å². The molecule has 162 valence electrons. The number of fused-ring (bicyclic) bond motifs is 1. The Kier molecular flexibility index (Phi) is 4.77. The highest BCUT2D eigenvalue weighted by molar-refractivity contribution is 6.09. The Hall–Kier alpha value is -4.28. The van der Waals surface area contributed by atoms with Gasteiger partial charge < -0.3 is 15.0 Å². The van der Waals surface area contributed by atoms with Crippen LogP contribution in [0.2, 0.25) is 0 Å². The molecule has 0 radical (unpaired) electrons. The largest absolute Gasteiger partial charge is 0.453 e. The summed E-state index contributed by atoms with van der Waals surface area (Å²) in [7, 11) is 1.35. The molecule has 4 aromatic rings. The Morgan fingerprint density at radius 1 is 1.19 bits per heavy atom. The van der Waals surface area contributed by atoms with Crippen LogP contribution in [0.3, 0.4) is 0 Å². The predicted molar refractivity (Wildman–Crippen MR) is 114 cm³/mol. The normalized spacial score (nSPS) is 13.8. The van der Waals surface area contributed by atoms with E-state index in [1.165, 1.54) is 11.9 Å². The maximum atomic E-state index is 12.9. The number of nitrogens with zero attached hydrogens (tertiary/aromatic N) is 7. The highest BCUT2D eigenvalue weighted by Gasteiger charge is 2.34. The standard InChI is InChI=1S/C21H20N8O3/c1-13-6-7-14(19-24-26-29(25-19)15-11-27(12-15)21(31)32-2)9-17(13)23-20(30)16-10-22-28-8-4-3-5-18(16)28/h3-10,15H,11-12H2,1-2H3,(H,23,30). The quantitative estimate of drug-likeness (QED) is 0.525. The van der Waals surface area contributed by atoms with Gasteiger partial charge in [-0.15, -0.1) is 10.2 Å². The third-order valence-electron chi connectivity index (χ3n) is 5.47. The number of amides is 2. The van der Waals surface area contributed by atoms with Gasteiger partial charge in [0.1, 0.15) is 6.04 Å². The van der Waals surface area contributed by atoms with Crippen LogP contribution < -0.4 is 5.32 Å². The zero-order valence-electron chi connectivity index (χ0n) is 17.5. The molecule has 2 amide bonds. The highest BCUT2D eigenvalue weighted by atomic mass is 16.5. The first-order valence-electron chi connectivity index (χ1n) is 10.0. The Bertz CT molecular complexity index is 1320. The average Bonchev–Trinajstić information content (AvgIpc) is 3.41. The number of pyridine rings is 1. The van der Waals surface area contributed by atoms with Crippen molar-refractivity contribution in [2.45, 2.75) is 13.0 Å². The fourth-order valence-corrected chi connectivity index (χ4v) is 3.57. The summed E-state index contributed by atoms with van der Waals surface area (Å²) in [5.74, 6) is 0.188. The lowest BCUT2D eigenvalue weighted by Gasteiger charge is -2.36. The van der Waals surface area contributed by atoms with Gasteiger partial charge in [-0.3, -0.25) is 4.79 Å². The van der Waals surface area contributed by atoms with Crippen LogP contribution in [0, 0.1) is 6.92 Å². The minimum Gasteiger partial charge on any atom is -0.453 e. The van der Waals surface area contributed by atoms with Gasteiger partial charge in [0.2, 0.25) is 5.82 Å². The number of carbonyl (C=O) groups is 2. The fraction of sp³-hybridized carbons (Fsp3) is 0.238. The van der Waals surface area contributed by atoms with Crippen LogP contribution >= 0.6 is 0 Å². The molecule has 0 bridgehead atoms. The summed E-state index contributed by atoms with van der Waals surface area (Å²) in [4.78, 5) is 27.5. The molecule has 0 aliphatic carbocycles. The van der Waals surface area contributed by atoms with Crippen molar-refractivity contribution < 1.29 is 14.3 Å². The van der Waals surface area contributed by atoms with Crippen LogP contribution in [0.4, 0.5) is 10.5 Å². The molecule has 1 aliphatic heterocycles. The summed E-state index contributed by atoms with van der Waals surface area (Å²) in [6, 6.07) is 11.1. The number of benzene rings is 1. The van der Waals surface area contributed by atoms with E-state index < -0.39 is 0 Å². The number of nitrogens with one attached hydrogen (secondary N) is 1. The first-order chi connectivity index (χ1) is 15.5. The van der Waals surface area contributed by atoms with Crippen LogP contribution in [0.15, 0.2) is 48.8 Å². The number of aryl methyl sites for hydroxylation is 1. The van der Waals surface area contributed by atoms with E-state index in [9.17, 15) is 9.59 Å². The number of tetrazole rings is 1. The summed E-state index contributed by atoms with van der Waals surface area (Å²) in [5, 5.41) is 19.9. The van der Waals surface area contributed by atoms with Crippen LogP contribution in [0.1, 0.15) is 22.0 Å². The van der Waals surface area contributed by atoms with Crippen LogP contribution in [0.5, 0.6) is 0 Å². The van der Waals surface area contributed by atoms with Crippen molar-refractivity contribution in [3.63, 3.8) is 0 Å². The topological polar surface area (TPSA) is 120 Å². The number of ether oxygens (including phenoxy) is 1. The molecule has 11 heteroatoms. The maximum Gasteiger partial charge on any atom is 0.409 e. The number of carbonyl (C=O) groups excluding carboxylic acids is 2. The second-order valence-electron chi connectivity index (χ2n) is 7.53. The van der Waals surface area contributed by atoms with Gasteiger partial charge in [-0.2, -0.15) is 9.90 Å². The number of hydrogen-bond donors (Lipinski definition) is 1. The number of anilines is 1. The van der Waals surface area contributed by atoms with Gasteiger partial charge in [-0.25, -0.2) is 9.31 Å². The summed E-state index contributed by atoms with van der Waals surface area (Å²) >= 11 is 0. The summed E-state index contributed by atoms with van der Waals surface area (Å²) in [6.45, 7) is 2.85.